The van der Waals surface area contributed by atoms with E-state index in [0.717, 1.165) is 0 Å². The lowest BCUT2D eigenvalue weighted by atomic mass is 10.1. The van der Waals surface area contributed by atoms with Crippen LogP contribution in [0.15, 0.2) is 18.2 Å². The van der Waals surface area contributed by atoms with E-state index in [1.54, 1.807) is 25.2 Å². The number of rotatable bonds is 3. The highest BCUT2D eigenvalue weighted by Crippen LogP contribution is 2.22. The molecule has 8 nitrogen and oxygen atoms in total. The van der Waals surface area contributed by atoms with Crippen molar-refractivity contribution in [2.45, 2.75) is 0 Å². The number of nitrogens with zero attached hydrogens (tertiary/aromatic N) is 3. The first-order valence-electron chi connectivity index (χ1n) is 5.93. The Balaban J connectivity index is 1.93. The van der Waals surface area contributed by atoms with Crippen LogP contribution in [0.2, 0.25) is 5.28 Å². The zero-order valence-corrected chi connectivity index (χ0v) is 11.5. The van der Waals surface area contributed by atoms with Gasteiger partial charge in [0, 0.05) is 12.7 Å². The number of nitrogens with one attached hydrogen (secondary N) is 3. The number of aromatic nitrogens is 3. The second kappa shape index (κ2) is 4.98. The summed E-state index contributed by atoms with van der Waals surface area (Å²) in [4.78, 5) is 34.9. The van der Waals surface area contributed by atoms with Gasteiger partial charge in [0.15, 0.2) is 0 Å². The highest BCUT2D eigenvalue weighted by Gasteiger charge is 2.26. The number of fused-ring (bicyclic) bond motifs is 1. The summed E-state index contributed by atoms with van der Waals surface area (Å²) >= 11 is 5.78. The maximum absolute atomic E-state index is 11.6. The summed E-state index contributed by atoms with van der Waals surface area (Å²) in [5, 5.41) is 7.92. The third-order valence-electron chi connectivity index (χ3n) is 2.82. The van der Waals surface area contributed by atoms with Gasteiger partial charge >= 0.3 is 0 Å². The van der Waals surface area contributed by atoms with Crippen LogP contribution in [-0.2, 0) is 0 Å². The number of carbonyl (C=O) groups is 2. The molecular weight excluding hydrogens is 296 g/mol. The van der Waals surface area contributed by atoms with Gasteiger partial charge in [-0.1, -0.05) is 0 Å². The molecule has 21 heavy (non-hydrogen) atoms. The number of amides is 2. The smallest absolute Gasteiger partial charge is 0.259 e. The van der Waals surface area contributed by atoms with E-state index >= 15 is 0 Å². The molecule has 0 fully saturated rings. The first-order chi connectivity index (χ1) is 10.1. The van der Waals surface area contributed by atoms with Crippen molar-refractivity contribution < 1.29 is 9.59 Å². The molecule has 3 rings (SSSR count). The van der Waals surface area contributed by atoms with Crippen LogP contribution >= 0.6 is 11.6 Å². The highest BCUT2D eigenvalue weighted by molar-refractivity contribution is 6.28. The summed E-state index contributed by atoms with van der Waals surface area (Å²) in [7, 11) is 1.65. The number of imide groups is 1. The van der Waals surface area contributed by atoms with Crippen LogP contribution in [0, 0.1) is 0 Å². The fourth-order valence-corrected chi connectivity index (χ4v) is 2.05. The molecule has 1 aromatic heterocycles. The summed E-state index contributed by atoms with van der Waals surface area (Å²) in [5.74, 6) is -0.291. The fraction of sp³-hybridized carbons (Fsp3) is 0.0833. The molecule has 1 aliphatic heterocycles. The number of hydrogen-bond acceptors (Lipinski definition) is 7. The van der Waals surface area contributed by atoms with Crippen molar-refractivity contribution >= 4 is 41.0 Å². The molecule has 0 saturated heterocycles. The molecule has 3 N–H and O–H groups in total. The molecule has 0 unspecified atom stereocenters. The fourth-order valence-electron chi connectivity index (χ4n) is 1.89. The Morgan fingerprint density at radius 3 is 2.52 bits per heavy atom. The topological polar surface area (TPSA) is 109 Å². The minimum Gasteiger partial charge on any atom is -0.357 e. The van der Waals surface area contributed by atoms with Gasteiger partial charge in [-0.3, -0.25) is 14.9 Å². The van der Waals surface area contributed by atoms with Crippen LogP contribution in [0.25, 0.3) is 0 Å². The summed E-state index contributed by atoms with van der Waals surface area (Å²) in [6.45, 7) is 0. The van der Waals surface area contributed by atoms with Gasteiger partial charge in [-0.15, -0.1) is 0 Å². The summed E-state index contributed by atoms with van der Waals surface area (Å²) in [5.41, 5.74) is 1.21. The zero-order valence-electron chi connectivity index (χ0n) is 10.8. The Morgan fingerprint density at radius 1 is 1.05 bits per heavy atom. The average molecular weight is 305 g/mol. The molecule has 0 atom stereocenters. The van der Waals surface area contributed by atoms with Crippen LogP contribution in [0.1, 0.15) is 20.7 Å². The van der Waals surface area contributed by atoms with E-state index in [1.807, 2.05) is 0 Å². The summed E-state index contributed by atoms with van der Waals surface area (Å²) < 4.78 is 0. The van der Waals surface area contributed by atoms with Crippen LogP contribution in [0.4, 0.5) is 17.6 Å². The molecule has 2 heterocycles. The van der Waals surface area contributed by atoms with E-state index in [-0.39, 0.29) is 11.2 Å². The standard InChI is InChI=1S/C12H9ClN6O2/c1-14-11-17-10(13)18-12(19-11)15-5-2-3-6-7(4-5)9(21)16-8(6)20/h2-4H,1H3,(H,16,20,21)(H2,14,15,17,18,19). The molecule has 106 valence electrons. The predicted octanol–water partition coefficient (Wildman–Crippen LogP) is 1.19. The van der Waals surface area contributed by atoms with Crippen molar-refractivity contribution in [2.75, 3.05) is 17.7 Å². The van der Waals surface area contributed by atoms with E-state index in [9.17, 15) is 9.59 Å². The summed E-state index contributed by atoms with van der Waals surface area (Å²) in [6, 6.07) is 4.75. The number of benzene rings is 1. The van der Waals surface area contributed by atoms with Gasteiger partial charge in [-0.2, -0.15) is 15.0 Å². The van der Waals surface area contributed by atoms with E-state index < -0.39 is 11.8 Å². The first kappa shape index (κ1) is 13.3. The third kappa shape index (κ3) is 2.48. The summed E-state index contributed by atoms with van der Waals surface area (Å²) in [6.07, 6.45) is 0. The molecule has 0 spiro atoms. The lowest BCUT2D eigenvalue weighted by molar-refractivity contribution is 0.0879. The number of hydrogen-bond donors (Lipinski definition) is 3. The Morgan fingerprint density at radius 2 is 1.76 bits per heavy atom. The van der Waals surface area contributed by atoms with Crippen molar-refractivity contribution in [3.05, 3.63) is 34.6 Å². The highest BCUT2D eigenvalue weighted by atomic mass is 35.5. The monoisotopic (exact) mass is 304 g/mol. The van der Waals surface area contributed by atoms with Crippen molar-refractivity contribution in [3.8, 4) is 0 Å². The van der Waals surface area contributed by atoms with Crippen LogP contribution in [0.5, 0.6) is 0 Å². The quantitative estimate of drug-likeness (QED) is 0.731. The van der Waals surface area contributed by atoms with Crippen molar-refractivity contribution in [1.29, 1.82) is 0 Å². The first-order valence-corrected chi connectivity index (χ1v) is 6.30. The SMILES string of the molecule is CNc1nc(Cl)nc(Nc2ccc3c(c2)C(=O)NC3=O)n1. The maximum atomic E-state index is 11.6. The molecule has 1 aromatic carbocycles. The maximum Gasteiger partial charge on any atom is 0.259 e. The lowest BCUT2D eigenvalue weighted by Crippen LogP contribution is -2.19. The second-order valence-corrected chi connectivity index (χ2v) is 4.51. The molecule has 2 amide bonds. The minimum absolute atomic E-state index is 0.0333. The number of carbonyl (C=O) groups excluding carboxylic acids is 2. The van der Waals surface area contributed by atoms with E-state index in [2.05, 4.69) is 30.9 Å². The van der Waals surface area contributed by atoms with Crippen LogP contribution in [-0.4, -0.2) is 33.8 Å². The molecule has 2 aromatic rings. The number of anilines is 3. The van der Waals surface area contributed by atoms with Gasteiger partial charge in [0.25, 0.3) is 11.8 Å². The predicted molar refractivity (Wildman–Crippen MR) is 75.9 cm³/mol. The van der Waals surface area contributed by atoms with Gasteiger partial charge in [-0.05, 0) is 29.8 Å². The van der Waals surface area contributed by atoms with E-state index in [4.69, 9.17) is 11.6 Å². The van der Waals surface area contributed by atoms with Gasteiger partial charge in [0.2, 0.25) is 17.2 Å². The van der Waals surface area contributed by atoms with Gasteiger partial charge in [0.1, 0.15) is 0 Å². The average Bonchev–Trinajstić information content (AvgIpc) is 2.73. The van der Waals surface area contributed by atoms with E-state index in [1.165, 1.54) is 0 Å². The third-order valence-corrected chi connectivity index (χ3v) is 2.99. The zero-order chi connectivity index (χ0) is 15.0. The molecule has 0 bridgehead atoms. The van der Waals surface area contributed by atoms with Gasteiger partial charge in [0.05, 0.1) is 11.1 Å². The molecule has 0 aliphatic carbocycles. The molecular formula is C12H9ClN6O2. The Kier molecular flexibility index (Phi) is 3.15. The van der Waals surface area contributed by atoms with Crippen LogP contribution in [0.3, 0.4) is 0 Å². The van der Waals surface area contributed by atoms with Crippen molar-refractivity contribution in [1.82, 2.24) is 20.3 Å². The normalized spacial score (nSPS) is 12.9. The van der Waals surface area contributed by atoms with Gasteiger partial charge < -0.3 is 10.6 Å². The molecule has 0 saturated carbocycles. The largest absolute Gasteiger partial charge is 0.357 e. The van der Waals surface area contributed by atoms with Gasteiger partial charge in [-0.25, -0.2) is 0 Å². The molecule has 9 heteroatoms. The van der Waals surface area contributed by atoms with E-state index in [0.29, 0.717) is 22.8 Å². The Labute approximate surface area is 124 Å². The van der Waals surface area contributed by atoms with Crippen molar-refractivity contribution in [3.63, 3.8) is 0 Å². The van der Waals surface area contributed by atoms with Crippen LogP contribution < -0.4 is 16.0 Å². The lowest BCUT2D eigenvalue weighted by Gasteiger charge is -2.07. The molecule has 0 radical (unpaired) electrons. The minimum atomic E-state index is -0.428. The Bertz CT molecular complexity index is 763. The number of halogens is 1. The Hall–Kier alpha value is -2.74. The van der Waals surface area contributed by atoms with Crippen molar-refractivity contribution in [2.24, 2.45) is 0 Å². The molecule has 1 aliphatic rings. The second-order valence-electron chi connectivity index (χ2n) is 4.17.